The second-order valence-corrected chi connectivity index (χ2v) is 4.16. The second kappa shape index (κ2) is 6.59. The molecule has 23 heavy (non-hydrogen) atoms. The van der Waals surface area contributed by atoms with E-state index in [4.69, 9.17) is 9.47 Å². The van der Waals surface area contributed by atoms with Gasteiger partial charge in [0.2, 0.25) is 5.82 Å². The number of ether oxygens (including phenoxy) is 2. The first-order valence-electron chi connectivity index (χ1n) is 6.05. The van der Waals surface area contributed by atoms with E-state index in [2.05, 4.69) is 10.2 Å². The summed E-state index contributed by atoms with van der Waals surface area (Å²) in [5.41, 5.74) is -1.41. The summed E-state index contributed by atoms with van der Waals surface area (Å²) >= 11 is 0. The molecular formula is C14H9F5N2O2. The smallest absolute Gasteiger partial charge is 0.200 e. The molecule has 0 unspecified atom stereocenters. The van der Waals surface area contributed by atoms with E-state index in [0.717, 1.165) is 0 Å². The minimum Gasteiger partial charge on any atom is -0.497 e. The van der Waals surface area contributed by atoms with E-state index in [1.165, 1.54) is 32.4 Å². The predicted molar refractivity (Wildman–Crippen MR) is 70.0 cm³/mol. The van der Waals surface area contributed by atoms with Crippen molar-refractivity contribution in [2.75, 3.05) is 14.2 Å². The molecule has 0 fully saturated rings. The number of benzene rings is 2. The maximum Gasteiger partial charge on any atom is 0.200 e. The Morgan fingerprint density at radius 3 is 1.83 bits per heavy atom. The van der Waals surface area contributed by atoms with E-state index in [1.54, 1.807) is 0 Å². The van der Waals surface area contributed by atoms with E-state index in [0.29, 0.717) is 5.75 Å². The molecule has 0 aliphatic carbocycles. The average Bonchev–Trinajstić information content (AvgIpc) is 2.57. The van der Waals surface area contributed by atoms with Crippen molar-refractivity contribution in [3.63, 3.8) is 0 Å². The lowest BCUT2D eigenvalue weighted by Crippen LogP contribution is -2.00. The lowest BCUT2D eigenvalue weighted by molar-refractivity contribution is 0.380. The molecule has 0 saturated heterocycles. The third-order valence-corrected chi connectivity index (χ3v) is 2.83. The summed E-state index contributed by atoms with van der Waals surface area (Å²) in [7, 11) is 2.67. The van der Waals surface area contributed by atoms with Gasteiger partial charge < -0.3 is 9.47 Å². The van der Waals surface area contributed by atoms with Gasteiger partial charge in [-0.3, -0.25) is 0 Å². The topological polar surface area (TPSA) is 43.2 Å². The maximum atomic E-state index is 13.5. The molecule has 122 valence electrons. The van der Waals surface area contributed by atoms with Crippen LogP contribution in [0.3, 0.4) is 0 Å². The highest BCUT2D eigenvalue weighted by atomic mass is 19.2. The van der Waals surface area contributed by atoms with Crippen LogP contribution in [0.4, 0.5) is 33.3 Å². The lowest BCUT2D eigenvalue weighted by Gasteiger charge is -2.06. The quantitative estimate of drug-likeness (QED) is 0.349. The average molecular weight is 332 g/mol. The molecule has 0 spiro atoms. The fraction of sp³-hybridized carbons (Fsp3) is 0.143. The van der Waals surface area contributed by atoms with E-state index >= 15 is 0 Å². The van der Waals surface area contributed by atoms with Crippen LogP contribution in [0.25, 0.3) is 0 Å². The van der Waals surface area contributed by atoms with Gasteiger partial charge in [-0.05, 0) is 12.1 Å². The molecular weight excluding hydrogens is 323 g/mol. The van der Waals surface area contributed by atoms with Gasteiger partial charge in [-0.2, -0.15) is 0 Å². The van der Waals surface area contributed by atoms with Crippen LogP contribution in [0.2, 0.25) is 0 Å². The summed E-state index contributed by atoms with van der Waals surface area (Å²) in [5.74, 6) is -10.1. The van der Waals surface area contributed by atoms with Crippen molar-refractivity contribution in [2.24, 2.45) is 10.2 Å². The van der Waals surface area contributed by atoms with Gasteiger partial charge in [0.1, 0.15) is 17.2 Å². The minimum absolute atomic E-state index is 0.0178. The highest BCUT2D eigenvalue weighted by Gasteiger charge is 2.26. The van der Waals surface area contributed by atoms with Gasteiger partial charge in [0.05, 0.1) is 14.2 Å². The fourth-order valence-corrected chi connectivity index (χ4v) is 1.66. The van der Waals surface area contributed by atoms with Crippen LogP contribution in [-0.2, 0) is 0 Å². The van der Waals surface area contributed by atoms with Crippen LogP contribution in [-0.4, -0.2) is 14.2 Å². The van der Waals surface area contributed by atoms with Gasteiger partial charge in [-0.15, -0.1) is 10.2 Å². The first-order valence-corrected chi connectivity index (χ1v) is 6.05. The highest BCUT2D eigenvalue weighted by Crippen LogP contribution is 2.35. The molecule has 0 aromatic heterocycles. The number of methoxy groups -OCH3 is 2. The van der Waals surface area contributed by atoms with Crippen molar-refractivity contribution in [2.45, 2.75) is 0 Å². The Kier molecular flexibility index (Phi) is 4.77. The molecule has 2 aromatic carbocycles. The van der Waals surface area contributed by atoms with E-state index < -0.39 is 34.8 Å². The van der Waals surface area contributed by atoms with Gasteiger partial charge in [-0.25, -0.2) is 22.0 Å². The molecule has 0 radical (unpaired) electrons. The number of rotatable bonds is 4. The molecule has 0 heterocycles. The van der Waals surface area contributed by atoms with Crippen LogP contribution in [0.15, 0.2) is 28.4 Å². The third-order valence-electron chi connectivity index (χ3n) is 2.83. The van der Waals surface area contributed by atoms with Crippen LogP contribution in [0, 0.1) is 29.1 Å². The van der Waals surface area contributed by atoms with Crippen LogP contribution in [0.5, 0.6) is 11.5 Å². The number of halogens is 5. The Labute approximate surface area is 127 Å². The fourth-order valence-electron chi connectivity index (χ4n) is 1.66. The zero-order valence-electron chi connectivity index (χ0n) is 11.8. The molecule has 0 amide bonds. The number of hydrogen-bond donors (Lipinski definition) is 0. The monoisotopic (exact) mass is 332 g/mol. The zero-order chi connectivity index (χ0) is 17.1. The Bertz CT molecular complexity index is 751. The molecule has 2 rings (SSSR count). The van der Waals surface area contributed by atoms with Gasteiger partial charge in [0.25, 0.3) is 0 Å². The molecule has 0 saturated carbocycles. The van der Waals surface area contributed by atoms with E-state index in [-0.39, 0.29) is 11.4 Å². The summed E-state index contributed by atoms with van der Waals surface area (Å²) in [5, 5.41) is 6.59. The number of azo groups is 1. The summed E-state index contributed by atoms with van der Waals surface area (Å²) in [6.45, 7) is 0. The van der Waals surface area contributed by atoms with Crippen molar-refractivity contribution in [1.29, 1.82) is 0 Å². The van der Waals surface area contributed by atoms with Crippen LogP contribution in [0.1, 0.15) is 0 Å². The zero-order valence-corrected chi connectivity index (χ0v) is 11.8. The van der Waals surface area contributed by atoms with Crippen molar-refractivity contribution < 1.29 is 31.4 Å². The lowest BCUT2D eigenvalue weighted by atomic mass is 10.2. The standard InChI is InChI=1S/C14H9F5N2O2/c1-22-6-3-4-8(23-2)7(5-6)20-21-14-12(18)10(16)9(15)11(17)13(14)19/h3-5H,1-2H3. The van der Waals surface area contributed by atoms with Crippen LogP contribution >= 0.6 is 0 Å². The normalized spacial score (nSPS) is 11.1. The molecule has 0 atom stereocenters. The van der Waals surface area contributed by atoms with Gasteiger partial charge in [-0.1, -0.05) is 0 Å². The molecule has 4 nitrogen and oxygen atoms in total. The number of nitrogens with zero attached hydrogens (tertiary/aromatic N) is 2. The van der Waals surface area contributed by atoms with E-state index in [9.17, 15) is 22.0 Å². The molecule has 0 bridgehead atoms. The van der Waals surface area contributed by atoms with Crippen molar-refractivity contribution in [3.05, 3.63) is 47.3 Å². The molecule has 9 heteroatoms. The third kappa shape index (κ3) is 3.08. The Morgan fingerprint density at radius 1 is 0.739 bits per heavy atom. The van der Waals surface area contributed by atoms with Crippen molar-refractivity contribution in [3.8, 4) is 11.5 Å². The summed E-state index contributed by atoms with van der Waals surface area (Å²) in [4.78, 5) is 0. The summed E-state index contributed by atoms with van der Waals surface area (Å²) in [6, 6.07) is 4.27. The Hall–Kier alpha value is -2.71. The maximum absolute atomic E-state index is 13.5. The Morgan fingerprint density at radius 2 is 1.30 bits per heavy atom. The second-order valence-electron chi connectivity index (χ2n) is 4.16. The van der Waals surface area contributed by atoms with Crippen molar-refractivity contribution >= 4 is 11.4 Å². The summed E-state index contributed by atoms with van der Waals surface area (Å²) < 4.78 is 76.0. The van der Waals surface area contributed by atoms with Gasteiger partial charge in [0, 0.05) is 6.07 Å². The molecule has 0 aliphatic heterocycles. The number of hydrogen-bond acceptors (Lipinski definition) is 4. The van der Waals surface area contributed by atoms with Gasteiger partial charge in [0.15, 0.2) is 29.0 Å². The molecule has 0 aliphatic rings. The SMILES string of the molecule is COc1ccc(OC)c(N=Nc2c(F)c(F)c(F)c(F)c2F)c1. The predicted octanol–water partition coefficient (Wildman–Crippen LogP) is 4.81. The summed E-state index contributed by atoms with van der Waals surface area (Å²) in [6.07, 6.45) is 0. The van der Waals surface area contributed by atoms with E-state index in [1.807, 2.05) is 0 Å². The Balaban J connectivity index is 2.53. The highest BCUT2D eigenvalue weighted by molar-refractivity contribution is 5.55. The van der Waals surface area contributed by atoms with Crippen molar-refractivity contribution in [1.82, 2.24) is 0 Å². The first kappa shape index (κ1) is 16.7. The molecule has 0 N–H and O–H groups in total. The first-order chi connectivity index (χ1) is 10.9. The molecule has 2 aromatic rings. The minimum atomic E-state index is -2.27. The van der Waals surface area contributed by atoms with Gasteiger partial charge >= 0.3 is 0 Å². The largest absolute Gasteiger partial charge is 0.497 e. The van der Waals surface area contributed by atoms with Crippen LogP contribution < -0.4 is 9.47 Å².